The van der Waals surface area contributed by atoms with E-state index in [0.29, 0.717) is 0 Å². The minimum Gasteiger partial charge on any atom is -0.391 e. The Morgan fingerprint density at radius 2 is 0.957 bits per heavy atom. The SMILES string of the molecule is O=C(OC(=O)C(C(F)(F)F)S(=O)(=O)O)C(C(F)(F)F)S(=O)(=O)O. The first-order valence-corrected chi connectivity index (χ1v) is 7.61. The lowest BCUT2D eigenvalue weighted by Gasteiger charge is -2.18. The fourth-order valence-corrected chi connectivity index (χ4v) is 2.31. The number of hydrogen-bond donors (Lipinski definition) is 2. The Bertz CT molecular complexity index is 627. The van der Waals surface area contributed by atoms with Crippen molar-refractivity contribution < 1.29 is 66.6 Å². The van der Waals surface area contributed by atoms with Crippen LogP contribution in [-0.4, -0.2) is 60.7 Å². The Kier molecular flexibility index (Phi) is 5.81. The number of hydrogen-bond acceptors (Lipinski definition) is 7. The quantitative estimate of drug-likeness (QED) is 0.281. The molecule has 0 radical (unpaired) electrons. The second-order valence-corrected chi connectivity index (χ2v) is 6.62. The molecule has 0 aromatic carbocycles. The van der Waals surface area contributed by atoms with E-state index < -0.39 is 55.0 Å². The largest absolute Gasteiger partial charge is 0.418 e. The number of alkyl halides is 6. The van der Waals surface area contributed by atoms with Crippen LogP contribution in [-0.2, 0) is 34.6 Å². The van der Waals surface area contributed by atoms with E-state index in [0.717, 1.165) is 0 Å². The lowest BCUT2D eigenvalue weighted by Crippen LogP contribution is -2.49. The Morgan fingerprint density at radius 1 is 0.739 bits per heavy atom. The number of rotatable bonds is 4. The van der Waals surface area contributed by atoms with Crippen LogP contribution in [0.25, 0.3) is 0 Å². The molecular weight excluding hydrogens is 394 g/mol. The molecule has 2 atom stereocenters. The summed E-state index contributed by atoms with van der Waals surface area (Å²) >= 11 is 0. The van der Waals surface area contributed by atoms with E-state index in [2.05, 4.69) is 4.74 Å². The Morgan fingerprint density at radius 3 is 1.09 bits per heavy atom. The highest BCUT2D eigenvalue weighted by Crippen LogP contribution is 2.29. The standard InChI is InChI=1S/C6H4F6O9S2/c7-5(8,9)1(22(15,16)17)3(13)21-4(14)2(6(10,11)12)23(18,19)20/h1-2H,(H,15,16,17)(H,18,19,20). The lowest BCUT2D eigenvalue weighted by atomic mass is 10.4. The van der Waals surface area contributed by atoms with Gasteiger partial charge in [-0.3, -0.25) is 9.11 Å². The van der Waals surface area contributed by atoms with Crippen LogP contribution in [0.15, 0.2) is 0 Å². The first kappa shape index (κ1) is 21.5. The van der Waals surface area contributed by atoms with Crippen LogP contribution in [0.4, 0.5) is 26.3 Å². The highest BCUT2D eigenvalue weighted by atomic mass is 32.2. The number of carbonyl (C=O) groups excluding carboxylic acids is 2. The number of halogens is 6. The summed E-state index contributed by atoms with van der Waals surface area (Å²) in [6.45, 7) is 0. The topological polar surface area (TPSA) is 152 Å². The van der Waals surface area contributed by atoms with E-state index in [1.807, 2.05) is 0 Å². The second kappa shape index (κ2) is 6.21. The molecule has 2 unspecified atom stereocenters. The van der Waals surface area contributed by atoms with Crippen LogP contribution in [0.3, 0.4) is 0 Å². The Labute approximate surface area is 122 Å². The minimum atomic E-state index is -6.31. The molecule has 0 amide bonds. The van der Waals surface area contributed by atoms with Gasteiger partial charge in [-0.15, -0.1) is 0 Å². The second-order valence-electron chi connectivity index (χ2n) is 3.61. The highest BCUT2D eigenvalue weighted by Gasteiger charge is 2.59. The highest BCUT2D eigenvalue weighted by molar-refractivity contribution is 7.87. The zero-order valence-corrected chi connectivity index (χ0v) is 11.6. The van der Waals surface area contributed by atoms with Crippen LogP contribution < -0.4 is 0 Å². The van der Waals surface area contributed by atoms with E-state index in [1.165, 1.54) is 0 Å². The molecule has 2 N–H and O–H groups in total. The van der Waals surface area contributed by atoms with Crippen molar-refractivity contribution in [1.29, 1.82) is 0 Å². The van der Waals surface area contributed by atoms with Gasteiger partial charge in [0.05, 0.1) is 0 Å². The van der Waals surface area contributed by atoms with Crippen molar-refractivity contribution in [2.45, 2.75) is 22.9 Å². The number of esters is 2. The molecule has 0 rings (SSSR count). The summed E-state index contributed by atoms with van der Waals surface area (Å²) in [4.78, 5) is 21.7. The number of carbonyl (C=O) groups is 2. The first-order valence-electron chi connectivity index (χ1n) is 4.61. The summed E-state index contributed by atoms with van der Waals surface area (Å²) < 4.78 is 134. The molecule has 0 bridgehead atoms. The molecule has 0 saturated heterocycles. The molecule has 136 valence electrons. The summed E-state index contributed by atoms with van der Waals surface area (Å²) in [5.41, 5.74) is 0. The van der Waals surface area contributed by atoms with Crippen molar-refractivity contribution in [1.82, 2.24) is 0 Å². The third-order valence-electron chi connectivity index (χ3n) is 1.82. The van der Waals surface area contributed by atoms with Crippen LogP contribution in [0, 0.1) is 0 Å². The fourth-order valence-electron chi connectivity index (χ4n) is 1.05. The molecule has 0 aliphatic carbocycles. The summed E-state index contributed by atoms with van der Waals surface area (Å²) in [7, 11) is -12.6. The van der Waals surface area contributed by atoms with Gasteiger partial charge in [0.2, 0.25) is 0 Å². The normalized spacial score (nSPS) is 16.5. The molecule has 0 heterocycles. The van der Waals surface area contributed by atoms with E-state index in [9.17, 15) is 52.8 Å². The van der Waals surface area contributed by atoms with Crippen molar-refractivity contribution in [3.63, 3.8) is 0 Å². The molecular formula is C6H4F6O9S2. The monoisotopic (exact) mass is 398 g/mol. The molecule has 0 aliphatic rings. The fraction of sp³-hybridized carbons (Fsp3) is 0.667. The predicted octanol–water partition coefficient (Wildman–Crippen LogP) is -0.306. The predicted molar refractivity (Wildman–Crippen MR) is 53.9 cm³/mol. The Hall–Kier alpha value is -1.46. The van der Waals surface area contributed by atoms with Crippen molar-refractivity contribution in [3.8, 4) is 0 Å². The smallest absolute Gasteiger partial charge is 0.391 e. The van der Waals surface area contributed by atoms with Crippen LogP contribution in [0.1, 0.15) is 0 Å². The van der Waals surface area contributed by atoms with Gasteiger partial charge in [0.15, 0.2) is 0 Å². The average molecular weight is 398 g/mol. The van der Waals surface area contributed by atoms with Crippen LogP contribution >= 0.6 is 0 Å². The summed E-state index contributed by atoms with van der Waals surface area (Å²) in [5, 5.41) is -8.93. The lowest BCUT2D eigenvalue weighted by molar-refractivity contribution is -0.182. The summed E-state index contributed by atoms with van der Waals surface area (Å²) in [6.07, 6.45) is -12.2. The van der Waals surface area contributed by atoms with Crippen molar-refractivity contribution >= 4 is 32.2 Å². The van der Waals surface area contributed by atoms with Gasteiger partial charge < -0.3 is 4.74 Å². The third-order valence-corrected chi connectivity index (χ3v) is 3.93. The molecule has 0 saturated carbocycles. The maximum absolute atomic E-state index is 12.2. The minimum absolute atomic E-state index is 2.88. The van der Waals surface area contributed by atoms with Crippen LogP contribution in [0.2, 0.25) is 0 Å². The Balaban J connectivity index is 5.72. The molecule has 0 spiro atoms. The van der Waals surface area contributed by atoms with Gasteiger partial charge in [-0.25, -0.2) is 9.59 Å². The van der Waals surface area contributed by atoms with E-state index in [4.69, 9.17) is 9.11 Å². The molecule has 9 nitrogen and oxygen atoms in total. The first-order chi connectivity index (χ1) is 9.79. The zero-order chi connectivity index (χ0) is 19.0. The molecule has 23 heavy (non-hydrogen) atoms. The average Bonchev–Trinajstić information content (AvgIpc) is 2.04. The summed E-state index contributed by atoms with van der Waals surface area (Å²) in [6, 6.07) is 0. The molecule has 0 aromatic heterocycles. The van der Waals surface area contributed by atoms with Crippen molar-refractivity contribution in [3.05, 3.63) is 0 Å². The summed E-state index contributed by atoms with van der Waals surface area (Å²) in [5.74, 6) is -6.49. The third kappa shape index (κ3) is 5.92. The van der Waals surface area contributed by atoms with E-state index >= 15 is 0 Å². The van der Waals surface area contributed by atoms with Gasteiger partial charge in [0.1, 0.15) is 0 Å². The van der Waals surface area contributed by atoms with Gasteiger partial charge >= 0.3 is 24.3 Å². The van der Waals surface area contributed by atoms with E-state index in [-0.39, 0.29) is 0 Å². The van der Waals surface area contributed by atoms with E-state index in [1.54, 1.807) is 0 Å². The van der Waals surface area contributed by atoms with Gasteiger partial charge in [0, 0.05) is 0 Å². The van der Waals surface area contributed by atoms with Crippen LogP contribution in [0.5, 0.6) is 0 Å². The van der Waals surface area contributed by atoms with Gasteiger partial charge in [-0.1, -0.05) is 0 Å². The van der Waals surface area contributed by atoms with Gasteiger partial charge in [-0.05, 0) is 0 Å². The molecule has 17 heteroatoms. The molecule has 0 fully saturated rings. The number of ether oxygens (including phenoxy) is 1. The van der Waals surface area contributed by atoms with Crippen molar-refractivity contribution in [2.24, 2.45) is 0 Å². The maximum Gasteiger partial charge on any atom is 0.418 e. The maximum atomic E-state index is 12.2. The molecule has 0 aliphatic heterocycles. The van der Waals surface area contributed by atoms with Gasteiger partial charge in [-0.2, -0.15) is 43.2 Å². The van der Waals surface area contributed by atoms with Crippen molar-refractivity contribution in [2.75, 3.05) is 0 Å². The van der Waals surface area contributed by atoms with Gasteiger partial charge in [0.25, 0.3) is 30.7 Å². The zero-order valence-electron chi connectivity index (χ0n) is 9.99. The molecule has 0 aromatic rings.